The Hall–Kier alpha value is -0.940. The van der Waals surface area contributed by atoms with Gasteiger partial charge in [0.2, 0.25) is 5.91 Å². The Morgan fingerprint density at radius 3 is 2.62 bits per heavy atom. The first-order chi connectivity index (χ1) is 10.1. The highest BCUT2D eigenvalue weighted by Gasteiger charge is 2.47. The maximum absolute atomic E-state index is 13.2. The Morgan fingerprint density at radius 2 is 2.10 bits per heavy atom. The number of rotatable bonds is 5. The van der Waals surface area contributed by atoms with Crippen molar-refractivity contribution in [2.24, 2.45) is 11.1 Å². The second-order valence-corrected chi connectivity index (χ2v) is 7.52. The molecule has 1 amide bonds. The van der Waals surface area contributed by atoms with Gasteiger partial charge in [0.15, 0.2) is 0 Å². The van der Waals surface area contributed by atoms with Gasteiger partial charge in [-0.05, 0) is 48.1 Å². The molecule has 2 fully saturated rings. The fraction of sp³-hybridized carbons (Fsp3) is 0.625. The molecule has 2 aliphatic carbocycles. The van der Waals surface area contributed by atoms with Crippen LogP contribution in [0.15, 0.2) is 16.8 Å². The first kappa shape index (κ1) is 15.0. The Labute approximate surface area is 135 Å². The number of carbonyl (C=O) groups excluding carboxylic acids is 1. The van der Waals surface area contributed by atoms with E-state index in [0.717, 1.165) is 38.5 Å². The van der Waals surface area contributed by atoms with Crippen LogP contribution in [-0.2, 0) is 11.3 Å². The molecular formula is C16H22N2OS2. The second kappa shape index (κ2) is 6.05. The van der Waals surface area contributed by atoms with Crippen molar-refractivity contribution >= 4 is 34.5 Å². The van der Waals surface area contributed by atoms with Crippen LogP contribution >= 0.6 is 23.6 Å². The number of nitrogens with zero attached hydrogens (tertiary/aromatic N) is 1. The van der Waals surface area contributed by atoms with E-state index in [0.29, 0.717) is 17.6 Å². The van der Waals surface area contributed by atoms with Crippen molar-refractivity contribution in [3.05, 3.63) is 22.4 Å². The average molecular weight is 322 g/mol. The lowest BCUT2D eigenvalue weighted by Crippen LogP contribution is -2.52. The van der Waals surface area contributed by atoms with Gasteiger partial charge in [-0.2, -0.15) is 11.3 Å². The summed E-state index contributed by atoms with van der Waals surface area (Å²) >= 11 is 6.99. The zero-order valence-corrected chi connectivity index (χ0v) is 13.8. The van der Waals surface area contributed by atoms with Gasteiger partial charge in [-0.15, -0.1) is 0 Å². The van der Waals surface area contributed by atoms with E-state index in [-0.39, 0.29) is 5.91 Å². The Balaban J connectivity index is 1.83. The normalized spacial score (nSPS) is 21.0. The number of carbonyl (C=O) groups is 1. The zero-order chi connectivity index (χ0) is 14.9. The van der Waals surface area contributed by atoms with Gasteiger partial charge in [0, 0.05) is 12.6 Å². The predicted octanol–water partition coefficient (Wildman–Crippen LogP) is 3.48. The third kappa shape index (κ3) is 2.99. The molecule has 3 nitrogen and oxygen atoms in total. The van der Waals surface area contributed by atoms with Crippen LogP contribution in [0.4, 0.5) is 0 Å². The standard InChI is InChI=1S/C16H22N2OS2/c17-14(20)16(7-2-1-3-8-16)15(19)18(13-4-5-13)10-12-6-9-21-11-12/h6,9,11,13H,1-5,7-8,10H2,(H2,17,20). The number of hydrogen-bond acceptors (Lipinski definition) is 3. The lowest BCUT2D eigenvalue weighted by molar-refractivity contribution is -0.141. The van der Waals surface area contributed by atoms with E-state index < -0.39 is 5.41 Å². The summed E-state index contributed by atoms with van der Waals surface area (Å²) in [5, 5.41) is 4.19. The van der Waals surface area contributed by atoms with Gasteiger partial charge in [0.1, 0.15) is 0 Å². The van der Waals surface area contributed by atoms with E-state index in [2.05, 4.69) is 16.8 Å². The number of thiophene rings is 1. The van der Waals surface area contributed by atoms with Gasteiger partial charge in [-0.3, -0.25) is 4.79 Å². The van der Waals surface area contributed by atoms with Crippen LogP contribution < -0.4 is 5.73 Å². The van der Waals surface area contributed by atoms with E-state index in [1.807, 2.05) is 4.90 Å². The largest absolute Gasteiger partial charge is 0.392 e. The highest BCUT2D eigenvalue weighted by molar-refractivity contribution is 7.80. The molecule has 2 aliphatic rings. The molecule has 1 aromatic heterocycles. The summed E-state index contributed by atoms with van der Waals surface area (Å²) in [5.41, 5.74) is 6.66. The molecule has 0 unspecified atom stereocenters. The van der Waals surface area contributed by atoms with Crippen molar-refractivity contribution < 1.29 is 4.79 Å². The van der Waals surface area contributed by atoms with Crippen LogP contribution in [0.2, 0.25) is 0 Å². The minimum absolute atomic E-state index is 0.184. The van der Waals surface area contributed by atoms with Crippen molar-refractivity contribution in [2.75, 3.05) is 0 Å². The molecule has 2 saturated carbocycles. The number of thiocarbonyl (C=S) groups is 1. The van der Waals surface area contributed by atoms with Crippen LogP contribution in [-0.4, -0.2) is 21.8 Å². The summed E-state index contributed by atoms with van der Waals surface area (Å²) in [5.74, 6) is 0.184. The minimum Gasteiger partial charge on any atom is -0.392 e. The molecule has 0 bridgehead atoms. The number of amides is 1. The fourth-order valence-electron chi connectivity index (χ4n) is 3.33. The topological polar surface area (TPSA) is 46.3 Å². The average Bonchev–Trinajstić information content (AvgIpc) is 3.21. The van der Waals surface area contributed by atoms with Gasteiger partial charge in [0.05, 0.1) is 10.4 Å². The molecule has 0 aromatic carbocycles. The van der Waals surface area contributed by atoms with Gasteiger partial charge in [-0.25, -0.2) is 0 Å². The quantitative estimate of drug-likeness (QED) is 0.844. The Bertz CT molecular complexity index is 516. The van der Waals surface area contributed by atoms with Crippen LogP contribution in [0, 0.1) is 5.41 Å². The molecule has 1 aromatic rings. The summed E-state index contributed by atoms with van der Waals surface area (Å²) in [6, 6.07) is 2.49. The fourth-order valence-corrected chi connectivity index (χ4v) is 4.28. The van der Waals surface area contributed by atoms with Gasteiger partial charge >= 0.3 is 0 Å². The maximum atomic E-state index is 13.2. The Kier molecular flexibility index (Phi) is 4.31. The maximum Gasteiger partial charge on any atom is 0.236 e. The smallest absolute Gasteiger partial charge is 0.236 e. The van der Waals surface area contributed by atoms with Crippen molar-refractivity contribution in [2.45, 2.75) is 57.5 Å². The molecular weight excluding hydrogens is 300 g/mol. The monoisotopic (exact) mass is 322 g/mol. The molecule has 0 spiro atoms. The van der Waals surface area contributed by atoms with E-state index in [4.69, 9.17) is 18.0 Å². The van der Waals surface area contributed by atoms with E-state index in [1.54, 1.807) is 11.3 Å². The summed E-state index contributed by atoms with van der Waals surface area (Å²) in [7, 11) is 0. The molecule has 114 valence electrons. The van der Waals surface area contributed by atoms with Gasteiger partial charge in [-0.1, -0.05) is 31.5 Å². The van der Waals surface area contributed by atoms with E-state index >= 15 is 0 Å². The summed E-state index contributed by atoms with van der Waals surface area (Å²) in [6.07, 6.45) is 7.18. The zero-order valence-electron chi connectivity index (χ0n) is 12.2. The molecule has 1 heterocycles. The molecule has 5 heteroatoms. The first-order valence-electron chi connectivity index (χ1n) is 7.75. The van der Waals surface area contributed by atoms with Crippen LogP contribution in [0.5, 0.6) is 0 Å². The third-order valence-electron chi connectivity index (χ3n) is 4.77. The number of nitrogens with two attached hydrogens (primary N) is 1. The van der Waals surface area contributed by atoms with Crippen molar-refractivity contribution in [1.29, 1.82) is 0 Å². The molecule has 3 rings (SSSR count). The minimum atomic E-state index is -0.577. The van der Waals surface area contributed by atoms with Crippen LogP contribution in [0.25, 0.3) is 0 Å². The summed E-state index contributed by atoms with van der Waals surface area (Å²) < 4.78 is 0. The molecule has 0 aliphatic heterocycles. The Morgan fingerprint density at radius 1 is 1.38 bits per heavy atom. The molecule has 0 radical (unpaired) electrons. The van der Waals surface area contributed by atoms with E-state index in [1.165, 1.54) is 12.0 Å². The molecule has 0 atom stereocenters. The highest BCUT2D eigenvalue weighted by Crippen LogP contribution is 2.41. The van der Waals surface area contributed by atoms with Crippen molar-refractivity contribution in [3.63, 3.8) is 0 Å². The molecule has 0 saturated heterocycles. The van der Waals surface area contributed by atoms with Crippen molar-refractivity contribution in [1.82, 2.24) is 4.90 Å². The van der Waals surface area contributed by atoms with Gasteiger partial charge < -0.3 is 10.6 Å². The molecule has 2 N–H and O–H groups in total. The first-order valence-corrected chi connectivity index (χ1v) is 9.11. The van der Waals surface area contributed by atoms with Crippen molar-refractivity contribution in [3.8, 4) is 0 Å². The summed E-state index contributed by atoms with van der Waals surface area (Å²) in [4.78, 5) is 15.7. The third-order valence-corrected chi connectivity index (χ3v) is 5.89. The van der Waals surface area contributed by atoms with Crippen LogP contribution in [0.1, 0.15) is 50.5 Å². The number of hydrogen-bond donors (Lipinski definition) is 1. The van der Waals surface area contributed by atoms with Crippen LogP contribution in [0.3, 0.4) is 0 Å². The van der Waals surface area contributed by atoms with Gasteiger partial charge in [0.25, 0.3) is 0 Å². The highest BCUT2D eigenvalue weighted by atomic mass is 32.1. The van der Waals surface area contributed by atoms with E-state index in [9.17, 15) is 4.79 Å². The summed E-state index contributed by atoms with van der Waals surface area (Å²) in [6.45, 7) is 0.706. The molecule has 21 heavy (non-hydrogen) atoms. The lowest BCUT2D eigenvalue weighted by Gasteiger charge is -2.39. The SMILES string of the molecule is NC(=S)C1(C(=O)N(Cc2ccsc2)C2CC2)CCCCC1. The predicted molar refractivity (Wildman–Crippen MR) is 90.2 cm³/mol. The second-order valence-electron chi connectivity index (χ2n) is 6.30. The lowest BCUT2D eigenvalue weighted by atomic mass is 9.72.